The summed E-state index contributed by atoms with van der Waals surface area (Å²) in [5.74, 6) is 1.44. The van der Waals surface area contributed by atoms with Gasteiger partial charge in [-0.1, -0.05) is 19.8 Å². The summed E-state index contributed by atoms with van der Waals surface area (Å²) in [6.45, 7) is 4.69. The van der Waals surface area contributed by atoms with Gasteiger partial charge in [0.1, 0.15) is 6.61 Å². The lowest BCUT2D eigenvalue weighted by Gasteiger charge is -2.27. The second-order valence-electron chi connectivity index (χ2n) is 5.68. The van der Waals surface area contributed by atoms with Crippen molar-refractivity contribution >= 4 is 5.78 Å². The SMILES string of the molecule is CC1CCC(C(=O)COC2CCNCC2)CC1. The largest absolute Gasteiger partial charge is 0.370 e. The van der Waals surface area contributed by atoms with Crippen LogP contribution in [-0.4, -0.2) is 31.6 Å². The molecule has 1 aliphatic heterocycles. The lowest BCUT2D eigenvalue weighted by Crippen LogP contribution is -2.34. The van der Waals surface area contributed by atoms with E-state index in [1.165, 1.54) is 12.8 Å². The van der Waals surface area contributed by atoms with Gasteiger partial charge in [-0.2, -0.15) is 0 Å². The number of ether oxygens (including phenoxy) is 1. The second-order valence-corrected chi connectivity index (χ2v) is 5.68. The highest BCUT2D eigenvalue weighted by Gasteiger charge is 2.25. The Morgan fingerprint density at radius 2 is 1.76 bits per heavy atom. The highest BCUT2D eigenvalue weighted by Crippen LogP contribution is 2.29. The minimum Gasteiger partial charge on any atom is -0.370 e. The first-order chi connectivity index (χ1) is 8.25. The zero-order chi connectivity index (χ0) is 12.1. The number of piperidine rings is 1. The van der Waals surface area contributed by atoms with Crippen molar-refractivity contribution in [3.05, 3.63) is 0 Å². The maximum atomic E-state index is 12.0. The molecular weight excluding hydrogens is 214 g/mol. The van der Waals surface area contributed by atoms with Gasteiger partial charge in [-0.3, -0.25) is 4.79 Å². The van der Waals surface area contributed by atoms with Crippen molar-refractivity contribution < 1.29 is 9.53 Å². The highest BCUT2D eigenvalue weighted by atomic mass is 16.5. The number of nitrogens with one attached hydrogen (secondary N) is 1. The molecule has 0 aromatic carbocycles. The minimum absolute atomic E-state index is 0.285. The van der Waals surface area contributed by atoms with E-state index in [0.717, 1.165) is 44.7 Å². The number of hydrogen-bond acceptors (Lipinski definition) is 3. The smallest absolute Gasteiger partial charge is 0.161 e. The maximum absolute atomic E-state index is 12.0. The molecule has 3 nitrogen and oxygen atoms in total. The topological polar surface area (TPSA) is 38.3 Å². The van der Waals surface area contributed by atoms with Crippen LogP contribution in [0.15, 0.2) is 0 Å². The zero-order valence-electron chi connectivity index (χ0n) is 10.9. The summed E-state index contributed by atoms with van der Waals surface area (Å²) in [7, 11) is 0. The molecule has 2 rings (SSSR count). The molecule has 2 aliphatic rings. The molecule has 0 atom stereocenters. The first kappa shape index (κ1) is 13.0. The third kappa shape index (κ3) is 4.07. The van der Waals surface area contributed by atoms with Crippen LogP contribution >= 0.6 is 0 Å². The molecule has 0 radical (unpaired) electrons. The minimum atomic E-state index is 0.285. The van der Waals surface area contributed by atoms with Crippen molar-refractivity contribution in [2.24, 2.45) is 11.8 Å². The molecular formula is C14H25NO2. The van der Waals surface area contributed by atoms with Crippen LogP contribution in [0.3, 0.4) is 0 Å². The third-order valence-electron chi connectivity index (χ3n) is 4.22. The molecule has 0 aromatic heterocycles. The lowest BCUT2D eigenvalue weighted by molar-refractivity contribution is -0.131. The van der Waals surface area contributed by atoms with E-state index in [4.69, 9.17) is 4.74 Å². The van der Waals surface area contributed by atoms with Crippen LogP contribution in [0.1, 0.15) is 45.4 Å². The van der Waals surface area contributed by atoms with E-state index in [9.17, 15) is 4.79 Å². The predicted molar refractivity (Wildman–Crippen MR) is 68.0 cm³/mol. The predicted octanol–water partition coefficient (Wildman–Crippen LogP) is 2.15. The molecule has 0 spiro atoms. The zero-order valence-corrected chi connectivity index (χ0v) is 10.9. The van der Waals surface area contributed by atoms with E-state index >= 15 is 0 Å². The van der Waals surface area contributed by atoms with E-state index in [2.05, 4.69) is 12.2 Å². The van der Waals surface area contributed by atoms with Crippen LogP contribution in [0.2, 0.25) is 0 Å². The van der Waals surface area contributed by atoms with Crippen LogP contribution in [0, 0.1) is 11.8 Å². The average Bonchev–Trinajstić information content (AvgIpc) is 2.38. The van der Waals surface area contributed by atoms with Gasteiger partial charge in [0.05, 0.1) is 6.10 Å². The van der Waals surface area contributed by atoms with Crippen LogP contribution in [-0.2, 0) is 9.53 Å². The molecule has 1 aliphatic carbocycles. The number of rotatable bonds is 4. The van der Waals surface area contributed by atoms with Crippen molar-refractivity contribution in [2.75, 3.05) is 19.7 Å². The number of ketones is 1. The molecule has 1 saturated heterocycles. The van der Waals surface area contributed by atoms with Gasteiger partial charge in [0.25, 0.3) is 0 Å². The van der Waals surface area contributed by atoms with E-state index in [1.807, 2.05) is 0 Å². The third-order valence-corrected chi connectivity index (χ3v) is 4.22. The summed E-state index contributed by atoms with van der Waals surface area (Å²) >= 11 is 0. The number of carbonyl (C=O) groups is 1. The summed E-state index contributed by atoms with van der Waals surface area (Å²) < 4.78 is 5.74. The van der Waals surface area contributed by atoms with E-state index in [-0.39, 0.29) is 5.92 Å². The quantitative estimate of drug-likeness (QED) is 0.817. The van der Waals surface area contributed by atoms with Crippen molar-refractivity contribution in [1.29, 1.82) is 0 Å². The van der Waals surface area contributed by atoms with Gasteiger partial charge in [-0.25, -0.2) is 0 Å². The van der Waals surface area contributed by atoms with Gasteiger partial charge in [-0.15, -0.1) is 0 Å². The van der Waals surface area contributed by atoms with Crippen LogP contribution < -0.4 is 5.32 Å². The summed E-state index contributed by atoms with van der Waals surface area (Å²) in [5.41, 5.74) is 0. The van der Waals surface area contributed by atoms with Crippen molar-refractivity contribution in [3.63, 3.8) is 0 Å². The Morgan fingerprint density at radius 3 is 2.41 bits per heavy atom. The fraction of sp³-hybridized carbons (Fsp3) is 0.929. The molecule has 0 amide bonds. The summed E-state index contributed by atoms with van der Waals surface area (Å²) in [6, 6.07) is 0. The fourth-order valence-electron chi connectivity index (χ4n) is 2.86. The van der Waals surface area contributed by atoms with Crippen LogP contribution in [0.5, 0.6) is 0 Å². The first-order valence-corrected chi connectivity index (χ1v) is 7.10. The molecule has 98 valence electrons. The van der Waals surface area contributed by atoms with Gasteiger partial charge < -0.3 is 10.1 Å². The van der Waals surface area contributed by atoms with Gasteiger partial charge in [0.2, 0.25) is 0 Å². The molecule has 0 aromatic rings. The molecule has 0 unspecified atom stereocenters. The Hall–Kier alpha value is -0.410. The van der Waals surface area contributed by atoms with Gasteiger partial charge in [-0.05, 0) is 44.7 Å². The van der Waals surface area contributed by atoms with Gasteiger partial charge in [0, 0.05) is 5.92 Å². The molecule has 2 fully saturated rings. The van der Waals surface area contributed by atoms with E-state index in [1.54, 1.807) is 0 Å². The molecule has 1 saturated carbocycles. The summed E-state index contributed by atoms with van der Waals surface area (Å²) in [6.07, 6.45) is 6.99. The van der Waals surface area contributed by atoms with Crippen molar-refractivity contribution in [3.8, 4) is 0 Å². The van der Waals surface area contributed by atoms with Gasteiger partial charge in [0.15, 0.2) is 5.78 Å². The Balaban J connectivity index is 1.66. The Labute approximate surface area is 104 Å². The molecule has 3 heteroatoms. The maximum Gasteiger partial charge on any atom is 0.161 e. The molecule has 1 N–H and O–H groups in total. The highest BCUT2D eigenvalue weighted by molar-refractivity contribution is 5.82. The number of Topliss-reactive ketones (excluding diaryl/α,β-unsaturated/α-hetero) is 1. The molecule has 0 bridgehead atoms. The number of carbonyl (C=O) groups excluding carboxylic acids is 1. The van der Waals surface area contributed by atoms with Crippen LogP contribution in [0.4, 0.5) is 0 Å². The number of hydrogen-bond donors (Lipinski definition) is 1. The van der Waals surface area contributed by atoms with E-state index < -0.39 is 0 Å². The molecule has 1 heterocycles. The normalized spacial score (nSPS) is 31.4. The first-order valence-electron chi connectivity index (χ1n) is 7.10. The van der Waals surface area contributed by atoms with Crippen LogP contribution in [0.25, 0.3) is 0 Å². The summed E-state index contributed by atoms with van der Waals surface area (Å²) in [5, 5.41) is 3.31. The standard InChI is InChI=1S/C14H25NO2/c1-11-2-4-12(5-3-11)14(16)10-17-13-6-8-15-9-7-13/h11-13,15H,2-10H2,1H3. The second kappa shape index (κ2) is 6.50. The fourth-order valence-corrected chi connectivity index (χ4v) is 2.86. The molecule has 17 heavy (non-hydrogen) atoms. The Morgan fingerprint density at radius 1 is 1.12 bits per heavy atom. The lowest BCUT2D eigenvalue weighted by atomic mass is 9.81. The van der Waals surface area contributed by atoms with Crippen molar-refractivity contribution in [1.82, 2.24) is 5.32 Å². The average molecular weight is 239 g/mol. The summed E-state index contributed by atoms with van der Waals surface area (Å²) in [4.78, 5) is 12.0. The Bertz CT molecular complexity index is 241. The van der Waals surface area contributed by atoms with E-state index in [0.29, 0.717) is 18.5 Å². The van der Waals surface area contributed by atoms with Crippen molar-refractivity contribution in [2.45, 2.75) is 51.6 Å². The van der Waals surface area contributed by atoms with Gasteiger partial charge >= 0.3 is 0 Å². The monoisotopic (exact) mass is 239 g/mol. The Kier molecular flexibility index (Phi) is 4.99.